The minimum absolute atomic E-state index is 0.0479. The topological polar surface area (TPSA) is 96.4 Å². The molecule has 8 nitrogen and oxygen atoms in total. The summed E-state index contributed by atoms with van der Waals surface area (Å²) in [5.74, 6) is -1.38. The van der Waals surface area contributed by atoms with Gasteiger partial charge in [-0.05, 0) is 45.1 Å². The highest BCUT2D eigenvalue weighted by Crippen LogP contribution is 2.30. The number of aliphatic carboxylic acids is 1. The lowest BCUT2D eigenvalue weighted by Crippen LogP contribution is -2.58. The molecule has 1 aromatic rings. The van der Waals surface area contributed by atoms with E-state index in [-0.39, 0.29) is 31.6 Å². The molecule has 3 atom stereocenters. The maximum Gasteiger partial charge on any atom is 0.410 e. The Morgan fingerprint density at radius 2 is 1.83 bits per heavy atom. The van der Waals surface area contributed by atoms with E-state index in [0.29, 0.717) is 13.0 Å². The number of amides is 2. The van der Waals surface area contributed by atoms with Crippen LogP contribution in [0.1, 0.15) is 32.8 Å². The summed E-state index contributed by atoms with van der Waals surface area (Å²) in [6.45, 7) is 6.15. The van der Waals surface area contributed by atoms with E-state index < -0.39 is 29.7 Å². The van der Waals surface area contributed by atoms with E-state index in [9.17, 15) is 19.5 Å². The van der Waals surface area contributed by atoms with Crippen LogP contribution in [0.3, 0.4) is 0 Å². The van der Waals surface area contributed by atoms with Gasteiger partial charge in [0.05, 0.1) is 13.2 Å². The molecular formula is C22H30N2O6. The standard InChI is InChI=1S/C22H30N2O6/c1-22(2,3)30-21(28)24-13-16(11-15-7-5-4-6-8-15)12-17(24)19(25)23-9-10-29-14-18(23)20(26)27/h4-8,16-18H,9-14H2,1-3H3,(H,26,27)/t16-,17+,18?/m0/s1. The lowest BCUT2D eigenvalue weighted by atomic mass is 9.96. The molecule has 2 fully saturated rings. The molecule has 2 aliphatic heterocycles. The van der Waals surface area contributed by atoms with Crippen LogP contribution in [0.15, 0.2) is 30.3 Å². The summed E-state index contributed by atoms with van der Waals surface area (Å²) in [5.41, 5.74) is 0.444. The number of benzene rings is 1. The number of nitrogens with zero attached hydrogens (tertiary/aromatic N) is 2. The van der Waals surface area contributed by atoms with Gasteiger partial charge in [-0.25, -0.2) is 9.59 Å². The summed E-state index contributed by atoms with van der Waals surface area (Å²) in [6, 6.07) is 8.13. The molecule has 3 rings (SSSR count). The van der Waals surface area contributed by atoms with Crippen molar-refractivity contribution in [3.63, 3.8) is 0 Å². The first-order chi connectivity index (χ1) is 14.2. The predicted octanol–water partition coefficient (Wildman–Crippen LogP) is 2.17. The molecular weight excluding hydrogens is 388 g/mol. The molecule has 1 N–H and O–H groups in total. The van der Waals surface area contributed by atoms with Gasteiger partial charge in [0.15, 0.2) is 6.04 Å². The maximum atomic E-state index is 13.4. The molecule has 164 valence electrons. The van der Waals surface area contributed by atoms with Crippen molar-refractivity contribution in [3.05, 3.63) is 35.9 Å². The van der Waals surface area contributed by atoms with Crippen molar-refractivity contribution >= 4 is 18.0 Å². The molecule has 2 aliphatic rings. The van der Waals surface area contributed by atoms with Gasteiger partial charge in [-0.2, -0.15) is 0 Å². The second-order valence-electron chi connectivity index (χ2n) is 8.90. The Morgan fingerprint density at radius 1 is 1.13 bits per heavy atom. The van der Waals surface area contributed by atoms with E-state index in [1.54, 1.807) is 20.8 Å². The average molecular weight is 418 g/mol. The first-order valence-electron chi connectivity index (χ1n) is 10.3. The van der Waals surface area contributed by atoms with Crippen LogP contribution in [-0.2, 0) is 25.5 Å². The SMILES string of the molecule is CC(C)(C)OC(=O)N1C[C@@H](Cc2ccccc2)C[C@@H]1C(=O)N1CCOCC1C(=O)O. The van der Waals surface area contributed by atoms with E-state index >= 15 is 0 Å². The molecule has 0 bridgehead atoms. The van der Waals surface area contributed by atoms with Gasteiger partial charge in [0.1, 0.15) is 11.6 Å². The third kappa shape index (κ3) is 5.30. The quantitative estimate of drug-likeness (QED) is 0.805. The molecule has 0 spiro atoms. The number of ether oxygens (including phenoxy) is 2. The lowest BCUT2D eigenvalue weighted by molar-refractivity contribution is -0.160. The van der Waals surface area contributed by atoms with Crippen LogP contribution in [0.4, 0.5) is 4.79 Å². The van der Waals surface area contributed by atoms with Crippen LogP contribution in [0.2, 0.25) is 0 Å². The Morgan fingerprint density at radius 3 is 2.47 bits per heavy atom. The van der Waals surface area contributed by atoms with Gasteiger partial charge in [0.2, 0.25) is 5.91 Å². The number of morpholine rings is 1. The minimum Gasteiger partial charge on any atom is -0.480 e. The normalized spacial score (nSPS) is 24.6. The van der Waals surface area contributed by atoms with Crippen molar-refractivity contribution in [2.75, 3.05) is 26.3 Å². The number of carboxylic acids is 1. The molecule has 2 saturated heterocycles. The summed E-state index contributed by atoms with van der Waals surface area (Å²) < 4.78 is 10.8. The zero-order valence-electron chi connectivity index (χ0n) is 17.7. The highest BCUT2D eigenvalue weighted by atomic mass is 16.6. The van der Waals surface area contributed by atoms with Crippen molar-refractivity contribution in [3.8, 4) is 0 Å². The molecule has 0 radical (unpaired) electrons. The Hall–Kier alpha value is -2.61. The predicted molar refractivity (Wildman–Crippen MR) is 109 cm³/mol. The fraction of sp³-hybridized carbons (Fsp3) is 0.591. The van der Waals surface area contributed by atoms with Crippen LogP contribution in [0.5, 0.6) is 0 Å². The molecule has 30 heavy (non-hydrogen) atoms. The van der Waals surface area contributed by atoms with Gasteiger partial charge >= 0.3 is 12.1 Å². The number of carbonyl (C=O) groups excluding carboxylic acids is 2. The van der Waals surface area contributed by atoms with Gasteiger partial charge in [-0.3, -0.25) is 9.69 Å². The fourth-order valence-electron chi connectivity index (χ4n) is 4.04. The van der Waals surface area contributed by atoms with Gasteiger partial charge in [-0.1, -0.05) is 30.3 Å². The molecule has 0 aliphatic carbocycles. The van der Waals surface area contributed by atoms with E-state index in [1.807, 2.05) is 30.3 Å². The number of hydrogen-bond donors (Lipinski definition) is 1. The number of carbonyl (C=O) groups is 3. The number of likely N-dealkylation sites (tertiary alicyclic amines) is 1. The molecule has 0 saturated carbocycles. The number of carboxylic acid groups (broad SMARTS) is 1. The summed E-state index contributed by atoms with van der Waals surface area (Å²) >= 11 is 0. The van der Waals surface area contributed by atoms with Crippen molar-refractivity contribution in [1.82, 2.24) is 9.80 Å². The van der Waals surface area contributed by atoms with Crippen molar-refractivity contribution in [2.45, 2.75) is 51.3 Å². The number of hydrogen-bond acceptors (Lipinski definition) is 5. The molecule has 2 amide bonds. The summed E-state index contributed by atoms with van der Waals surface area (Å²) in [7, 11) is 0. The Bertz CT molecular complexity index is 776. The van der Waals surface area contributed by atoms with Crippen LogP contribution < -0.4 is 0 Å². The van der Waals surface area contributed by atoms with Crippen LogP contribution >= 0.6 is 0 Å². The van der Waals surface area contributed by atoms with E-state index in [4.69, 9.17) is 9.47 Å². The Balaban J connectivity index is 1.81. The Labute approximate surface area is 176 Å². The highest BCUT2D eigenvalue weighted by molar-refractivity contribution is 5.90. The summed E-state index contributed by atoms with van der Waals surface area (Å²) in [4.78, 5) is 40.6. The largest absolute Gasteiger partial charge is 0.480 e. The highest BCUT2D eigenvalue weighted by Gasteiger charge is 2.45. The second kappa shape index (κ2) is 9.04. The minimum atomic E-state index is -1.11. The van der Waals surface area contributed by atoms with E-state index in [1.165, 1.54) is 9.80 Å². The smallest absolute Gasteiger partial charge is 0.410 e. The van der Waals surface area contributed by atoms with Crippen molar-refractivity contribution < 1.29 is 29.0 Å². The zero-order chi connectivity index (χ0) is 21.9. The van der Waals surface area contributed by atoms with Crippen molar-refractivity contribution in [2.24, 2.45) is 5.92 Å². The van der Waals surface area contributed by atoms with Crippen molar-refractivity contribution in [1.29, 1.82) is 0 Å². The van der Waals surface area contributed by atoms with Gasteiger partial charge in [0, 0.05) is 13.1 Å². The third-order valence-electron chi connectivity index (χ3n) is 5.36. The lowest BCUT2D eigenvalue weighted by Gasteiger charge is -2.36. The maximum absolute atomic E-state index is 13.4. The molecule has 8 heteroatoms. The summed E-state index contributed by atoms with van der Waals surface area (Å²) in [5, 5.41) is 9.50. The molecule has 0 aromatic heterocycles. The van der Waals surface area contributed by atoms with Crippen LogP contribution in [-0.4, -0.2) is 76.9 Å². The average Bonchev–Trinajstić information content (AvgIpc) is 3.11. The van der Waals surface area contributed by atoms with Crippen LogP contribution in [0, 0.1) is 5.92 Å². The Kier molecular flexibility index (Phi) is 6.65. The first kappa shape index (κ1) is 22.1. The second-order valence-corrected chi connectivity index (χ2v) is 8.90. The van der Waals surface area contributed by atoms with Gasteiger partial charge in [0.25, 0.3) is 0 Å². The zero-order valence-corrected chi connectivity index (χ0v) is 17.7. The van der Waals surface area contributed by atoms with Gasteiger partial charge in [-0.15, -0.1) is 0 Å². The molecule has 1 aromatic carbocycles. The molecule has 1 unspecified atom stereocenters. The van der Waals surface area contributed by atoms with Crippen LogP contribution in [0.25, 0.3) is 0 Å². The van der Waals surface area contributed by atoms with E-state index in [2.05, 4.69) is 0 Å². The van der Waals surface area contributed by atoms with E-state index in [0.717, 1.165) is 12.0 Å². The monoisotopic (exact) mass is 418 g/mol. The fourth-order valence-corrected chi connectivity index (χ4v) is 4.04. The summed E-state index contributed by atoms with van der Waals surface area (Å²) in [6.07, 6.45) is 0.656. The molecule has 2 heterocycles. The van der Waals surface area contributed by atoms with Gasteiger partial charge < -0.3 is 19.5 Å². The third-order valence-corrected chi connectivity index (χ3v) is 5.36. The number of rotatable bonds is 4. The first-order valence-corrected chi connectivity index (χ1v) is 10.3.